The second-order valence-electron chi connectivity index (χ2n) is 1.97. The lowest BCUT2D eigenvalue weighted by atomic mass is 10.5. The first kappa shape index (κ1) is 5.22. The van der Waals surface area contributed by atoms with Gasteiger partial charge in [-0.15, -0.1) is 0 Å². The van der Waals surface area contributed by atoms with Gasteiger partial charge in [-0.1, -0.05) is 0 Å². The zero-order chi connectivity index (χ0) is 6.97. The summed E-state index contributed by atoms with van der Waals surface area (Å²) in [7, 11) is 0. The third-order valence-electron chi connectivity index (χ3n) is 1.32. The highest BCUT2D eigenvalue weighted by molar-refractivity contribution is 5.72. The number of aromatic amines is 1. The Labute approximate surface area is 56.5 Å². The van der Waals surface area contributed by atoms with Gasteiger partial charge in [-0.2, -0.15) is 0 Å². The van der Waals surface area contributed by atoms with E-state index in [2.05, 4.69) is 10.1 Å². The lowest BCUT2D eigenvalue weighted by Gasteiger charge is -1.75. The van der Waals surface area contributed by atoms with E-state index in [-0.39, 0.29) is 0 Å². The van der Waals surface area contributed by atoms with Gasteiger partial charge < -0.3 is 5.10 Å². The third-order valence-corrected chi connectivity index (χ3v) is 1.32. The minimum atomic E-state index is 0.451. The van der Waals surface area contributed by atoms with Crippen LogP contribution >= 0.6 is 0 Å². The van der Waals surface area contributed by atoms with Crippen molar-refractivity contribution in [1.82, 2.24) is 14.6 Å². The fourth-order valence-electron chi connectivity index (χ4n) is 0.883. The summed E-state index contributed by atoms with van der Waals surface area (Å²) in [6.07, 6.45) is 4.13. The Bertz CT molecular complexity index is 331. The molecule has 0 aromatic carbocycles. The molecular formula is C6H5N3O. The molecular weight excluding hydrogens is 130 g/mol. The lowest BCUT2D eigenvalue weighted by molar-refractivity contribution is 0.111. The summed E-state index contributed by atoms with van der Waals surface area (Å²) in [6.45, 7) is 0. The molecule has 2 aromatic rings. The zero-order valence-electron chi connectivity index (χ0n) is 5.11. The molecule has 0 amide bonds. The maximum absolute atomic E-state index is 10.2. The molecule has 0 spiro atoms. The average molecular weight is 135 g/mol. The van der Waals surface area contributed by atoms with E-state index in [0.717, 1.165) is 11.9 Å². The van der Waals surface area contributed by atoms with Gasteiger partial charge in [0.25, 0.3) is 0 Å². The average Bonchev–Trinajstić information content (AvgIpc) is 2.42. The summed E-state index contributed by atoms with van der Waals surface area (Å²) >= 11 is 0. The summed E-state index contributed by atoms with van der Waals surface area (Å²) in [4.78, 5) is 14.1. The van der Waals surface area contributed by atoms with Gasteiger partial charge in [0.1, 0.15) is 5.69 Å². The van der Waals surface area contributed by atoms with Crippen LogP contribution in [0.3, 0.4) is 0 Å². The van der Waals surface area contributed by atoms with Crippen LogP contribution in [0.2, 0.25) is 0 Å². The Morgan fingerprint density at radius 2 is 2.60 bits per heavy atom. The van der Waals surface area contributed by atoms with E-state index in [1.54, 1.807) is 23.0 Å². The summed E-state index contributed by atoms with van der Waals surface area (Å²) < 4.78 is 1.68. The van der Waals surface area contributed by atoms with E-state index in [4.69, 9.17) is 0 Å². The molecule has 0 bridgehead atoms. The van der Waals surface area contributed by atoms with Crippen LogP contribution in [0.4, 0.5) is 0 Å². The van der Waals surface area contributed by atoms with Gasteiger partial charge in [-0.05, 0) is 0 Å². The van der Waals surface area contributed by atoms with Gasteiger partial charge in [0.05, 0.1) is 6.20 Å². The van der Waals surface area contributed by atoms with E-state index >= 15 is 0 Å². The minimum Gasteiger partial charge on any atom is -0.300 e. The Kier molecular flexibility index (Phi) is 0.887. The van der Waals surface area contributed by atoms with Crippen LogP contribution in [0, 0.1) is 0 Å². The summed E-state index contributed by atoms with van der Waals surface area (Å²) in [5.74, 6) is 0. The number of hydrogen-bond donors (Lipinski definition) is 1. The molecule has 0 aliphatic rings. The smallest absolute Gasteiger partial charge is 0.170 e. The number of carbonyl (C=O) groups excluding carboxylic acids is 1. The molecule has 0 fully saturated rings. The second kappa shape index (κ2) is 1.70. The number of nitrogens with zero attached hydrogens (tertiary/aromatic N) is 2. The SMILES string of the molecule is O=Cc1cn2[nH]ccc2n1. The van der Waals surface area contributed by atoms with Gasteiger partial charge in [0, 0.05) is 12.3 Å². The molecule has 2 aromatic heterocycles. The molecule has 0 atom stereocenters. The number of nitrogens with one attached hydrogen (secondary N) is 1. The molecule has 0 aliphatic carbocycles. The van der Waals surface area contributed by atoms with Crippen LogP contribution in [-0.2, 0) is 0 Å². The van der Waals surface area contributed by atoms with Crippen molar-refractivity contribution < 1.29 is 4.79 Å². The van der Waals surface area contributed by atoms with Crippen molar-refractivity contribution in [2.75, 3.05) is 0 Å². The molecule has 1 N–H and O–H groups in total. The van der Waals surface area contributed by atoms with E-state index in [1.165, 1.54) is 0 Å². The van der Waals surface area contributed by atoms with Crippen LogP contribution in [0.5, 0.6) is 0 Å². The predicted molar refractivity (Wildman–Crippen MR) is 34.9 cm³/mol. The predicted octanol–water partition coefficient (Wildman–Crippen LogP) is 0.475. The quantitative estimate of drug-likeness (QED) is 0.578. The molecule has 10 heavy (non-hydrogen) atoms. The molecule has 0 saturated carbocycles. The number of aromatic nitrogens is 3. The van der Waals surface area contributed by atoms with Gasteiger partial charge in [-0.25, -0.2) is 9.50 Å². The van der Waals surface area contributed by atoms with Gasteiger partial charge >= 0.3 is 0 Å². The minimum absolute atomic E-state index is 0.451. The summed E-state index contributed by atoms with van der Waals surface area (Å²) in [5.41, 5.74) is 1.22. The summed E-state index contributed by atoms with van der Waals surface area (Å²) in [5, 5.41) is 2.87. The maximum atomic E-state index is 10.2. The van der Waals surface area contributed by atoms with Gasteiger partial charge in [0.15, 0.2) is 11.9 Å². The Balaban J connectivity index is 2.78. The molecule has 50 valence electrons. The molecule has 2 heterocycles. The Hall–Kier alpha value is -1.58. The number of fused-ring (bicyclic) bond motifs is 1. The number of H-pyrrole nitrogens is 1. The van der Waals surface area contributed by atoms with Crippen LogP contribution in [0.25, 0.3) is 5.65 Å². The van der Waals surface area contributed by atoms with Crippen LogP contribution in [0.1, 0.15) is 10.5 Å². The van der Waals surface area contributed by atoms with Crippen molar-refractivity contribution in [3.8, 4) is 0 Å². The number of aldehydes is 1. The highest BCUT2D eigenvalue weighted by Gasteiger charge is 1.97. The fourth-order valence-corrected chi connectivity index (χ4v) is 0.883. The normalized spacial score (nSPS) is 10.4. The molecule has 0 saturated heterocycles. The van der Waals surface area contributed by atoms with E-state index < -0.39 is 0 Å². The second-order valence-corrected chi connectivity index (χ2v) is 1.97. The van der Waals surface area contributed by atoms with Crippen LogP contribution in [-0.4, -0.2) is 20.9 Å². The number of rotatable bonds is 1. The van der Waals surface area contributed by atoms with E-state index in [9.17, 15) is 4.79 Å². The first-order chi connectivity index (χ1) is 4.90. The van der Waals surface area contributed by atoms with Crippen molar-refractivity contribution in [3.63, 3.8) is 0 Å². The first-order valence-corrected chi connectivity index (χ1v) is 2.88. The van der Waals surface area contributed by atoms with Crippen molar-refractivity contribution in [1.29, 1.82) is 0 Å². The highest BCUT2D eigenvalue weighted by atomic mass is 16.1. The lowest BCUT2D eigenvalue weighted by Crippen LogP contribution is -1.77. The standard InChI is InChI=1S/C6H5N3O/c10-4-5-3-9-6(8-5)1-2-7-9/h1-4,7H. The largest absolute Gasteiger partial charge is 0.300 e. The molecule has 0 aliphatic heterocycles. The number of imidazole rings is 1. The molecule has 0 unspecified atom stereocenters. The molecule has 4 heteroatoms. The molecule has 4 nitrogen and oxygen atoms in total. The zero-order valence-corrected chi connectivity index (χ0v) is 5.11. The fraction of sp³-hybridized carbons (Fsp3) is 0. The van der Waals surface area contributed by atoms with Gasteiger partial charge in [-0.3, -0.25) is 4.79 Å². The number of hydrogen-bond acceptors (Lipinski definition) is 2. The first-order valence-electron chi connectivity index (χ1n) is 2.88. The third kappa shape index (κ3) is 0.556. The van der Waals surface area contributed by atoms with E-state index in [0.29, 0.717) is 5.69 Å². The summed E-state index contributed by atoms with van der Waals surface area (Å²) in [6, 6.07) is 1.80. The van der Waals surface area contributed by atoms with Crippen molar-refractivity contribution >= 4 is 11.9 Å². The molecule has 0 radical (unpaired) electrons. The maximum Gasteiger partial charge on any atom is 0.170 e. The highest BCUT2D eigenvalue weighted by Crippen LogP contribution is 1.99. The van der Waals surface area contributed by atoms with Crippen LogP contribution in [0.15, 0.2) is 18.5 Å². The van der Waals surface area contributed by atoms with Crippen molar-refractivity contribution in [2.45, 2.75) is 0 Å². The Morgan fingerprint density at radius 1 is 1.70 bits per heavy atom. The van der Waals surface area contributed by atoms with Gasteiger partial charge in [0.2, 0.25) is 0 Å². The van der Waals surface area contributed by atoms with E-state index in [1.807, 2.05) is 0 Å². The Morgan fingerprint density at radius 3 is 3.30 bits per heavy atom. The monoisotopic (exact) mass is 135 g/mol. The topological polar surface area (TPSA) is 50.2 Å². The van der Waals surface area contributed by atoms with Crippen molar-refractivity contribution in [3.05, 3.63) is 24.2 Å². The van der Waals surface area contributed by atoms with Crippen LogP contribution < -0.4 is 0 Å². The molecule has 2 rings (SSSR count). The number of carbonyl (C=O) groups is 1. The van der Waals surface area contributed by atoms with Crippen molar-refractivity contribution in [2.24, 2.45) is 0 Å².